The van der Waals surface area contributed by atoms with E-state index < -0.39 is 0 Å². The molecule has 0 radical (unpaired) electrons. The van der Waals surface area contributed by atoms with Crippen LogP contribution in [0.2, 0.25) is 0 Å². The van der Waals surface area contributed by atoms with E-state index in [2.05, 4.69) is 22.3 Å². The number of rotatable bonds is 4. The zero-order valence-corrected chi connectivity index (χ0v) is 11.3. The highest BCUT2D eigenvalue weighted by Gasteiger charge is 2.17. The molecule has 3 nitrogen and oxygen atoms in total. The summed E-state index contributed by atoms with van der Waals surface area (Å²) in [5.41, 5.74) is 1.22. The lowest BCUT2D eigenvalue weighted by atomic mass is 9.96. The van der Waals surface area contributed by atoms with Gasteiger partial charge in [-0.25, -0.2) is 0 Å². The fraction of sp³-hybridized carbons (Fsp3) is 0.800. The third-order valence-electron chi connectivity index (χ3n) is 4.54. The van der Waals surface area contributed by atoms with Gasteiger partial charge >= 0.3 is 0 Å². The molecule has 0 spiro atoms. The monoisotopic (exact) mass is 247 g/mol. The number of hydrogen-bond donors (Lipinski definition) is 1. The van der Waals surface area contributed by atoms with Crippen molar-refractivity contribution >= 4 is 0 Å². The van der Waals surface area contributed by atoms with E-state index in [0.29, 0.717) is 6.04 Å². The van der Waals surface area contributed by atoms with Gasteiger partial charge in [0.05, 0.1) is 11.7 Å². The Kier molecular flexibility index (Phi) is 3.99. The molecule has 1 aromatic rings. The topological polar surface area (TPSA) is 29.9 Å². The molecule has 1 aromatic heterocycles. The quantitative estimate of drug-likeness (QED) is 0.883. The normalized spacial score (nSPS) is 22.7. The molecule has 18 heavy (non-hydrogen) atoms. The molecule has 0 aliphatic heterocycles. The van der Waals surface area contributed by atoms with Crippen LogP contribution in [-0.2, 0) is 6.54 Å². The first-order valence-electron chi connectivity index (χ1n) is 7.69. The minimum absolute atomic E-state index is 0.666. The van der Waals surface area contributed by atoms with E-state index in [-0.39, 0.29) is 0 Å². The highest BCUT2D eigenvalue weighted by Crippen LogP contribution is 2.27. The summed E-state index contributed by atoms with van der Waals surface area (Å²) in [4.78, 5) is 0. The van der Waals surface area contributed by atoms with Crippen LogP contribution in [0.3, 0.4) is 0 Å². The van der Waals surface area contributed by atoms with E-state index in [9.17, 15) is 0 Å². The highest BCUT2D eigenvalue weighted by molar-refractivity contribution is 5.00. The second-order valence-corrected chi connectivity index (χ2v) is 5.94. The van der Waals surface area contributed by atoms with E-state index in [1.165, 1.54) is 63.5 Å². The fourth-order valence-corrected chi connectivity index (χ4v) is 3.40. The van der Waals surface area contributed by atoms with Gasteiger partial charge in [-0.3, -0.25) is 4.68 Å². The van der Waals surface area contributed by atoms with Gasteiger partial charge in [0.2, 0.25) is 0 Å². The Bertz CT molecular complexity index is 360. The van der Waals surface area contributed by atoms with Crippen LogP contribution in [-0.4, -0.2) is 15.8 Å². The van der Waals surface area contributed by atoms with Crippen molar-refractivity contribution in [3.05, 3.63) is 18.0 Å². The van der Waals surface area contributed by atoms with Crippen molar-refractivity contribution in [1.82, 2.24) is 15.1 Å². The van der Waals surface area contributed by atoms with E-state index in [0.717, 1.165) is 12.6 Å². The molecule has 100 valence electrons. The van der Waals surface area contributed by atoms with Crippen LogP contribution in [0.5, 0.6) is 0 Å². The SMILES string of the molecule is c1cn(C2CCCCC2)nc1CNC1CCCC1. The lowest BCUT2D eigenvalue weighted by Crippen LogP contribution is -2.25. The second kappa shape index (κ2) is 5.87. The minimum Gasteiger partial charge on any atom is -0.308 e. The van der Waals surface area contributed by atoms with Crippen LogP contribution in [0.4, 0.5) is 0 Å². The third kappa shape index (κ3) is 2.94. The zero-order valence-electron chi connectivity index (χ0n) is 11.3. The van der Waals surface area contributed by atoms with Crippen LogP contribution in [0, 0.1) is 0 Å². The number of nitrogens with zero attached hydrogens (tertiary/aromatic N) is 2. The van der Waals surface area contributed by atoms with Gasteiger partial charge in [-0.1, -0.05) is 32.1 Å². The summed E-state index contributed by atoms with van der Waals surface area (Å²) in [6.07, 6.45) is 14.5. The summed E-state index contributed by atoms with van der Waals surface area (Å²) in [5.74, 6) is 0. The predicted molar refractivity (Wildman–Crippen MR) is 73.4 cm³/mol. The van der Waals surface area contributed by atoms with Crippen LogP contribution in [0.25, 0.3) is 0 Å². The summed E-state index contributed by atoms with van der Waals surface area (Å²) < 4.78 is 2.21. The third-order valence-corrected chi connectivity index (χ3v) is 4.54. The molecule has 0 saturated heterocycles. The summed E-state index contributed by atoms with van der Waals surface area (Å²) in [6.45, 7) is 0.949. The molecule has 2 saturated carbocycles. The van der Waals surface area contributed by atoms with E-state index >= 15 is 0 Å². The van der Waals surface area contributed by atoms with Crippen LogP contribution in [0.1, 0.15) is 69.5 Å². The molecule has 0 aromatic carbocycles. The van der Waals surface area contributed by atoms with Gasteiger partial charge in [-0.15, -0.1) is 0 Å². The molecule has 1 heterocycles. The lowest BCUT2D eigenvalue weighted by molar-refractivity contribution is 0.327. The Morgan fingerprint density at radius 3 is 2.56 bits per heavy atom. The summed E-state index contributed by atoms with van der Waals surface area (Å²) in [7, 11) is 0. The maximum absolute atomic E-state index is 4.75. The van der Waals surface area contributed by atoms with E-state index in [1.807, 2.05) is 0 Å². The van der Waals surface area contributed by atoms with Crippen LogP contribution < -0.4 is 5.32 Å². The largest absolute Gasteiger partial charge is 0.308 e. The molecule has 0 unspecified atom stereocenters. The van der Waals surface area contributed by atoms with Crippen LogP contribution >= 0.6 is 0 Å². The van der Waals surface area contributed by atoms with E-state index in [4.69, 9.17) is 5.10 Å². The van der Waals surface area contributed by atoms with Crippen molar-refractivity contribution in [1.29, 1.82) is 0 Å². The van der Waals surface area contributed by atoms with Crippen molar-refractivity contribution in [2.24, 2.45) is 0 Å². The molecule has 0 amide bonds. The Morgan fingerprint density at radius 1 is 1.06 bits per heavy atom. The average molecular weight is 247 g/mol. The number of aromatic nitrogens is 2. The van der Waals surface area contributed by atoms with Crippen molar-refractivity contribution in [3.8, 4) is 0 Å². The van der Waals surface area contributed by atoms with Crippen molar-refractivity contribution in [3.63, 3.8) is 0 Å². The molecule has 0 bridgehead atoms. The zero-order chi connectivity index (χ0) is 12.2. The van der Waals surface area contributed by atoms with Gasteiger partial charge in [0.1, 0.15) is 0 Å². The van der Waals surface area contributed by atoms with Gasteiger partial charge < -0.3 is 5.32 Å². The van der Waals surface area contributed by atoms with Crippen LogP contribution in [0.15, 0.2) is 12.3 Å². The number of hydrogen-bond acceptors (Lipinski definition) is 2. The molecule has 2 fully saturated rings. The van der Waals surface area contributed by atoms with Crippen molar-refractivity contribution in [2.45, 2.75) is 76.4 Å². The highest BCUT2D eigenvalue weighted by atomic mass is 15.3. The molecular weight excluding hydrogens is 222 g/mol. The predicted octanol–water partition coefficient (Wildman–Crippen LogP) is 3.42. The molecule has 3 rings (SSSR count). The molecule has 2 aliphatic carbocycles. The first-order chi connectivity index (χ1) is 8.92. The van der Waals surface area contributed by atoms with Gasteiger partial charge in [0, 0.05) is 18.8 Å². The number of nitrogens with one attached hydrogen (secondary N) is 1. The van der Waals surface area contributed by atoms with Gasteiger partial charge in [-0.05, 0) is 31.7 Å². The standard InChI is InChI=1S/C15H25N3/c1-2-8-15(9-3-1)18-11-10-14(17-18)12-16-13-6-4-5-7-13/h10-11,13,15-16H,1-9,12H2. The summed E-state index contributed by atoms with van der Waals surface area (Å²) in [6, 6.07) is 3.60. The molecule has 3 heteroatoms. The summed E-state index contributed by atoms with van der Waals surface area (Å²) >= 11 is 0. The Labute approximate surface area is 110 Å². The molecule has 0 atom stereocenters. The smallest absolute Gasteiger partial charge is 0.0762 e. The van der Waals surface area contributed by atoms with Gasteiger partial charge in [-0.2, -0.15) is 5.10 Å². The van der Waals surface area contributed by atoms with Gasteiger partial charge in [0.25, 0.3) is 0 Å². The molecular formula is C15H25N3. The van der Waals surface area contributed by atoms with Gasteiger partial charge in [0.15, 0.2) is 0 Å². The fourth-order valence-electron chi connectivity index (χ4n) is 3.40. The Morgan fingerprint density at radius 2 is 1.78 bits per heavy atom. The molecule has 1 N–H and O–H groups in total. The maximum atomic E-state index is 4.75. The van der Waals surface area contributed by atoms with Crippen molar-refractivity contribution in [2.75, 3.05) is 0 Å². The maximum Gasteiger partial charge on any atom is 0.0762 e. The Balaban J connectivity index is 1.52. The second-order valence-electron chi connectivity index (χ2n) is 5.94. The van der Waals surface area contributed by atoms with Crippen molar-refractivity contribution < 1.29 is 0 Å². The first kappa shape index (κ1) is 12.2. The summed E-state index contributed by atoms with van der Waals surface area (Å²) in [5, 5.41) is 8.39. The lowest BCUT2D eigenvalue weighted by Gasteiger charge is -2.21. The Hall–Kier alpha value is -0.830. The first-order valence-corrected chi connectivity index (χ1v) is 7.69. The molecule has 2 aliphatic rings. The average Bonchev–Trinajstić information content (AvgIpc) is 3.09. The minimum atomic E-state index is 0.666. The van der Waals surface area contributed by atoms with E-state index in [1.54, 1.807) is 0 Å².